The Kier molecular flexibility index (Phi) is 9.11. The number of aliphatic imine (C=N–C) groups is 1. The highest BCUT2D eigenvalue weighted by molar-refractivity contribution is 8.14. The summed E-state index contributed by atoms with van der Waals surface area (Å²) in [7, 11) is 0. The van der Waals surface area contributed by atoms with Crippen molar-refractivity contribution < 1.29 is 32.2 Å². The van der Waals surface area contributed by atoms with Crippen LogP contribution in [0.25, 0.3) is 6.08 Å². The minimum Gasteiger partial charge on any atom is -0.489 e. The molecule has 1 aliphatic rings. The second-order valence-electron chi connectivity index (χ2n) is 9.16. The first-order valence-electron chi connectivity index (χ1n) is 13.0. The van der Waals surface area contributed by atoms with Crippen molar-refractivity contribution in [2.75, 3.05) is 16.0 Å². The number of hydrogen-bond acceptors (Lipinski definition) is 6. The van der Waals surface area contributed by atoms with Gasteiger partial charge < -0.3 is 14.8 Å². The number of amides is 2. The maximum atomic E-state index is 13.5. The van der Waals surface area contributed by atoms with Crippen molar-refractivity contribution in [1.29, 1.82) is 0 Å². The van der Waals surface area contributed by atoms with Crippen LogP contribution < -0.4 is 19.7 Å². The molecule has 0 bridgehead atoms. The van der Waals surface area contributed by atoms with Gasteiger partial charge in [-0.2, -0.15) is 0 Å². The van der Waals surface area contributed by atoms with Gasteiger partial charge in [-0.25, -0.2) is 4.99 Å². The van der Waals surface area contributed by atoms with Gasteiger partial charge in [0.25, 0.3) is 5.91 Å². The molecule has 1 N–H and O–H groups in total. The third-order valence-electron chi connectivity index (χ3n) is 5.96. The topological polar surface area (TPSA) is 80.2 Å². The number of nitrogens with zero attached hydrogens (tertiary/aromatic N) is 2. The molecule has 0 spiro atoms. The molecule has 0 saturated heterocycles. The number of carbonyl (C=O) groups is 2. The van der Waals surface area contributed by atoms with Crippen LogP contribution in [0.1, 0.15) is 11.1 Å². The van der Waals surface area contributed by atoms with Crippen molar-refractivity contribution in [3.05, 3.63) is 126 Å². The molecule has 43 heavy (non-hydrogen) atoms. The predicted molar refractivity (Wildman–Crippen MR) is 161 cm³/mol. The Morgan fingerprint density at radius 1 is 0.884 bits per heavy atom. The van der Waals surface area contributed by atoms with E-state index in [4.69, 9.17) is 4.74 Å². The molecule has 0 fully saturated rings. The lowest BCUT2D eigenvalue weighted by atomic mass is 10.1. The molecular formula is C32H24F3N3O4S. The Bertz CT molecular complexity index is 1640. The fourth-order valence-corrected chi connectivity index (χ4v) is 4.87. The highest BCUT2D eigenvalue weighted by atomic mass is 32.2. The summed E-state index contributed by atoms with van der Waals surface area (Å²) in [5, 5.41) is 2.93. The Morgan fingerprint density at radius 2 is 1.58 bits per heavy atom. The summed E-state index contributed by atoms with van der Waals surface area (Å²) < 4.78 is 46.9. The summed E-state index contributed by atoms with van der Waals surface area (Å²) in [6, 6.07) is 30.8. The Hall–Kier alpha value is -5.03. The number of halogens is 3. The normalized spacial score (nSPS) is 14.0. The number of rotatable bonds is 9. The molecule has 11 heteroatoms. The fraction of sp³-hybridized carbons (Fsp3) is 0.0938. The number of nitrogens with one attached hydrogen (secondary N) is 1. The number of anilines is 2. The zero-order valence-electron chi connectivity index (χ0n) is 22.5. The van der Waals surface area contributed by atoms with E-state index in [0.29, 0.717) is 34.5 Å². The van der Waals surface area contributed by atoms with Crippen LogP contribution in [0.2, 0.25) is 0 Å². The molecule has 0 aromatic heterocycles. The van der Waals surface area contributed by atoms with Crippen molar-refractivity contribution in [2.24, 2.45) is 4.99 Å². The number of para-hydroxylation sites is 1. The molecule has 0 aliphatic carbocycles. The minimum absolute atomic E-state index is 0.105. The minimum atomic E-state index is -4.81. The molecule has 4 aromatic rings. The Labute approximate surface area is 249 Å². The van der Waals surface area contributed by atoms with E-state index in [2.05, 4.69) is 15.0 Å². The van der Waals surface area contributed by atoms with E-state index in [1.165, 1.54) is 17.0 Å². The maximum Gasteiger partial charge on any atom is 0.573 e. The Balaban J connectivity index is 1.29. The van der Waals surface area contributed by atoms with Gasteiger partial charge in [-0.3, -0.25) is 14.5 Å². The molecular weight excluding hydrogens is 579 g/mol. The van der Waals surface area contributed by atoms with Gasteiger partial charge in [0.05, 0.1) is 11.4 Å². The third-order valence-corrected chi connectivity index (χ3v) is 6.90. The van der Waals surface area contributed by atoms with Gasteiger partial charge in [-0.15, -0.1) is 13.2 Å². The van der Waals surface area contributed by atoms with Crippen LogP contribution in [0, 0.1) is 0 Å². The summed E-state index contributed by atoms with van der Waals surface area (Å²) in [5.41, 5.74) is 2.81. The second kappa shape index (κ2) is 13.3. The third kappa shape index (κ3) is 8.26. The zero-order valence-corrected chi connectivity index (χ0v) is 23.3. The maximum absolute atomic E-state index is 13.5. The molecule has 0 atom stereocenters. The molecule has 7 nitrogen and oxygen atoms in total. The Morgan fingerprint density at radius 3 is 2.28 bits per heavy atom. The highest BCUT2D eigenvalue weighted by Gasteiger charge is 2.33. The second-order valence-corrected chi connectivity index (χ2v) is 10.1. The van der Waals surface area contributed by atoms with E-state index >= 15 is 0 Å². The first kappa shape index (κ1) is 29.5. The number of carbonyl (C=O) groups excluding carboxylic acids is 2. The standard InChI is InChI=1S/C32H24F3N3O4S/c33-32(34,35)42-26-16-14-24(15-17-26)36-29(39)21-43-31-37-28(30(40)38(31)25-11-5-2-6-12-25)19-23-10-7-13-27(18-23)41-20-22-8-3-1-4-9-22/h1-19H,20-21H2,(H,36,39)/b28-19+. The van der Waals surface area contributed by atoms with Gasteiger partial charge in [0.15, 0.2) is 5.17 Å². The van der Waals surface area contributed by atoms with Gasteiger partial charge >= 0.3 is 6.36 Å². The van der Waals surface area contributed by atoms with Crippen LogP contribution in [0.4, 0.5) is 24.5 Å². The summed E-state index contributed by atoms with van der Waals surface area (Å²) >= 11 is 1.06. The monoisotopic (exact) mass is 603 g/mol. The first-order chi connectivity index (χ1) is 20.7. The van der Waals surface area contributed by atoms with Crippen molar-refractivity contribution in [3.63, 3.8) is 0 Å². The lowest BCUT2D eigenvalue weighted by molar-refractivity contribution is -0.274. The van der Waals surface area contributed by atoms with Gasteiger partial charge in [0, 0.05) is 5.69 Å². The molecule has 0 radical (unpaired) electrons. The van der Waals surface area contributed by atoms with E-state index in [1.807, 2.05) is 60.7 Å². The lowest BCUT2D eigenvalue weighted by Gasteiger charge is -2.17. The van der Waals surface area contributed by atoms with Crippen molar-refractivity contribution in [1.82, 2.24) is 0 Å². The summed E-state index contributed by atoms with van der Waals surface area (Å²) in [6.45, 7) is 0.397. The number of thioether (sulfide) groups is 1. The largest absolute Gasteiger partial charge is 0.573 e. The molecule has 0 unspecified atom stereocenters. The van der Waals surface area contributed by atoms with E-state index < -0.39 is 18.0 Å². The van der Waals surface area contributed by atoms with Crippen LogP contribution in [-0.4, -0.2) is 29.1 Å². The van der Waals surface area contributed by atoms with Crippen molar-refractivity contribution >= 4 is 46.2 Å². The van der Waals surface area contributed by atoms with Crippen LogP contribution in [0.5, 0.6) is 11.5 Å². The zero-order chi connectivity index (χ0) is 30.2. The van der Waals surface area contributed by atoms with Crippen LogP contribution in [0.15, 0.2) is 120 Å². The molecule has 2 amide bonds. The molecule has 218 valence electrons. The average Bonchev–Trinajstić information content (AvgIpc) is 3.30. The van der Waals surface area contributed by atoms with Crippen LogP contribution in [0.3, 0.4) is 0 Å². The van der Waals surface area contributed by atoms with Crippen molar-refractivity contribution in [3.8, 4) is 11.5 Å². The molecule has 4 aromatic carbocycles. The summed E-state index contributed by atoms with van der Waals surface area (Å²) in [4.78, 5) is 32.1. The van der Waals surface area contributed by atoms with Crippen LogP contribution >= 0.6 is 11.8 Å². The lowest BCUT2D eigenvalue weighted by Crippen LogP contribution is -2.31. The van der Waals surface area contributed by atoms with Gasteiger partial charge in [-0.05, 0) is 65.7 Å². The van der Waals surface area contributed by atoms with Crippen LogP contribution in [-0.2, 0) is 16.2 Å². The fourth-order valence-electron chi connectivity index (χ4n) is 4.06. The molecule has 0 saturated carbocycles. The molecule has 1 heterocycles. The quantitative estimate of drug-likeness (QED) is 0.204. The summed E-state index contributed by atoms with van der Waals surface area (Å²) in [5.74, 6) is -0.656. The predicted octanol–water partition coefficient (Wildman–Crippen LogP) is 7.28. The van der Waals surface area contributed by atoms with E-state index in [0.717, 1.165) is 29.5 Å². The SMILES string of the molecule is O=C(CSC1=N/C(=C/c2cccc(OCc3ccccc3)c2)C(=O)N1c1ccccc1)Nc1ccc(OC(F)(F)F)cc1. The smallest absolute Gasteiger partial charge is 0.489 e. The van der Waals surface area contributed by atoms with Crippen molar-refractivity contribution in [2.45, 2.75) is 13.0 Å². The van der Waals surface area contributed by atoms with Gasteiger partial charge in [0.1, 0.15) is 23.8 Å². The highest BCUT2D eigenvalue weighted by Crippen LogP contribution is 2.30. The van der Waals surface area contributed by atoms with Gasteiger partial charge in [0.2, 0.25) is 5.91 Å². The first-order valence-corrected chi connectivity index (χ1v) is 14.0. The van der Waals surface area contributed by atoms with Gasteiger partial charge in [-0.1, -0.05) is 72.4 Å². The average molecular weight is 604 g/mol. The number of ether oxygens (including phenoxy) is 2. The number of benzene rings is 4. The number of hydrogen-bond donors (Lipinski definition) is 1. The molecule has 5 rings (SSSR count). The number of alkyl halides is 3. The van der Waals surface area contributed by atoms with E-state index in [1.54, 1.807) is 30.3 Å². The van der Waals surface area contributed by atoms with E-state index in [9.17, 15) is 22.8 Å². The van der Waals surface area contributed by atoms with E-state index in [-0.39, 0.29) is 17.4 Å². The molecule has 1 aliphatic heterocycles. The number of amidine groups is 1. The summed E-state index contributed by atoms with van der Waals surface area (Å²) in [6.07, 6.45) is -3.15.